The van der Waals surface area contributed by atoms with Gasteiger partial charge in [0.25, 0.3) is 5.56 Å². The molecular weight excluding hydrogens is 444 g/mol. The Morgan fingerprint density at radius 3 is 2.25 bits per heavy atom. The van der Waals surface area contributed by atoms with Crippen LogP contribution in [0.25, 0.3) is 11.3 Å². The molecular formula is C24H17ClN4O2S. The number of carbonyl (C=O) groups excluding carboxylic acids is 1. The van der Waals surface area contributed by atoms with Crippen LogP contribution in [0.1, 0.15) is 22.0 Å². The number of thioether (sulfide) groups is 1. The summed E-state index contributed by atoms with van der Waals surface area (Å²) in [5.41, 5.74) is 5.26. The third-order valence-electron chi connectivity index (χ3n) is 5.23. The van der Waals surface area contributed by atoms with E-state index in [0.717, 1.165) is 5.56 Å². The van der Waals surface area contributed by atoms with Crippen LogP contribution in [-0.4, -0.2) is 25.9 Å². The molecule has 4 aromatic rings. The number of halogens is 1. The van der Waals surface area contributed by atoms with Crippen molar-refractivity contribution in [3.63, 3.8) is 0 Å². The van der Waals surface area contributed by atoms with Crippen LogP contribution in [-0.2, 0) is 0 Å². The van der Waals surface area contributed by atoms with Gasteiger partial charge in [-0.3, -0.25) is 9.59 Å². The van der Waals surface area contributed by atoms with E-state index in [0.29, 0.717) is 21.3 Å². The maximum atomic E-state index is 13.4. The minimum absolute atomic E-state index is 0.0596. The monoisotopic (exact) mass is 460 g/mol. The number of ketones is 1. The minimum atomic E-state index is -0.546. The van der Waals surface area contributed by atoms with Crippen molar-refractivity contribution >= 4 is 29.1 Å². The van der Waals surface area contributed by atoms with Crippen LogP contribution in [0.5, 0.6) is 0 Å². The first-order chi connectivity index (χ1) is 15.6. The van der Waals surface area contributed by atoms with E-state index in [1.54, 1.807) is 24.3 Å². The number of Topliss-reactive ketones (excluding diaryl/α,β-unsaturated/α-hetero) is 1. The molecule has 1 aliphatic rings. The van der Waals surface area contributed by atoms with Crippen molar-refractivity contribution in [2.24, 2.45) is 0 Å². The van der Waals surface area contributed by atoms with Gasteiger partial charge in [-0.05, 0) is 17.7 Å². The molecule has 1 aliphatic heterocycles. The Morgan fingerprint density at radius 2 is 1.56 bits per heavy atom. The molecule has 0 aliphatic carbocycles. The van der Waals surface area contributed by atoms with Crippen LogP contribution in [0.3, 0.4) is 0 Å². The Kier molecular flexibility index (Phi) is 5.51. The molecule has 0 bridgehead atoms. The number of carbonyl (C=O) groups is 1. The van der Waals surface area contributed by atoms with Gasteiger partial charge in [0.15, 0.2) is 11.5 Å². The topological polar surface area (TPSA) is 76.9 Å². The van der Waals surface area contributed by atoms with Crippen molar-refractivity contribution in [3.8, 4) is 11.3 Å². The van der Waals surface area contributed by atoms with Gasteiger partial charge in [0.1, 0.15) is 5.25 Å². The van der Waals surface area contributed by atoms with Gasteiger partial charge < -0.3 is 5.43 Å². The summed E-state index contributed by atoms with van der Waals surface area (Å²) in [6.07, 6.45) is 0. The highest BCUT2D eigenvalue weighted by Gasteiger charge is 2.37. The molecule has 0 saturated heterocycles. The summed E-state index contributed by atoms with van der Waals surface area (Å²) < 4.78 is 1.38. The highest BCUT2D eigenvalue weighted by molar-refractivity contribution is 8.00. The highest BCUT2D eigenvalue weighted by atomic mass is 35.5. The smallest absolute Gasteiger partial charge is 0.299 e. The van der Waals surface area contributed by atoms with Crippen LogP contribution in [0.15, 0.2) is 94.9 Å². The van der Waals surface area contributed by atoms with Gasteiger partial charge in [0.2, 0.25) is 5.16 Å². The standard InChI is InChI=1S/C24H17ClN4O2S/c25-18-13-11-16(12-14-18)19-22(21(30)17-9-5-2-6-10-17)32-24-27-26-20(23(31)29(24)28-19)15-7-3-1-4-8-15/h1-14,19,22,28H/t19-,22+/m1/s1. The van der Waals surface area contributed by atoms with Gasteiger partial charge >= 0.3 is 0 Å². The Bertz CT molecular complexity index is 1330. The van der Waals surface area contributed by atoms with Crippen LogP contribution in [0, 0.1) is 0 Å². The predicted molar refractivity (Wildman–Crippen MR) is 126 cm³/mol. The fourth-order valence-corrected chi connectivity index (χ4v) is 4.90. The van der Waals surface area contributed by atoms with E-state index in [1.165, 1.54) is 16.4 Å². The summed E-state index contributed by atoms with van der Waals surface area (Å²) in [4.78, 5) is 26.7. The molecule has 0 unspecified atom stereocenters. The fraction of sp³-hybridized carbons (Fsp3) is 0.0833. The number of rotatable bonds is 4. The average molecular weight is 461 g/mol. The van der Waals surface area contributed by atoms with Gasteiger partial charge in [-0.15, -0.1) is 10.2 Å². The number of hydrogen-bond acceptors (Lipinski definition) is 6. The zero-order chi connectivity index (χ0) is 22.1. The largest absolute Gasteiger partial charge is 0.312 e. The molecule has 1 aromatic heterocycles. The molecule has 1 N–H and O–H groups in total. The lowest BCUT2D eigenvalue weighted by atomic mass is 9.97. The van der Waals surface area contributed by atoms with E-state index in [1.807, 2.05) is 60.7 Å². The molecule has 0 radical (unpaired) electrons. The SMILES string of the molecule is O=C(c1ccccc1)[C@H]1Sc2nnc(-c3ccccc3)c(=O)n2N[C@@H]1c1ccc(Cl)cc1. The molecule has 8 heteroatoms. The Labute approximate surface area is 193 Å². The van der Waals surface area contributed by atoms with E-state index in [9.17, 15) is 9.59 Å². The summed E-state index contributed by atoms with van der Waals surface area (Å²) in [6.45, 7) is 0. The maximum Gasteiger partial charge on any atom is 0.299 e. The molecule has 158 valence electrons. The first-order valence-corrected chi connectivity index (χ1v) is 11.2. The molecule has 2 atom stereocenters. The molecule has 0 saturated carbocycles. The molecule has 0 spiro atoms. The highest BCUT2D eigenvalue weighted by Crippen LogP contribution is 2.37. The third kappa shape index (κ3) is 3.81. The molecule has 3 aromatic carbocycles. The number of hydrogen-bond donors (Lipinski definition) is 1. The maximum absolute atomic E-state index is 13.4. The molecule has 6 nitrogen and oxygen atoms in total. The van der Waals surface area contributed by atoms with Gasteiger partial charge in [0, 0.05) is 16.1 Å². The summed E-state index contributed by atoms with van der Waals surface area (Å²) in [5, 5.41) is 8.82. The Balaban J connectivity index is 1.60. The normalized spacial score (nSPS) is 17.3. The molecule has 5 rings (SSSR count). The van der Waals surface area contributed by atoms with E-state index in [-0.39, 0.29) is 17.0 Å². The first kappa shape index (κ1) is 20.5. The predicted octanol–water partition coefficient (Wildman–Crippen LogP) is 4.60. The second-order valence-corrected chi connectivity index (χ2v) is 8.81. The first-order valence-electron chi connectivity index (χ1n) is 9.95. The van der Waals surface area contributed by atoms with Crippen molar-refractivity contribution in [2.45, 2.75) is 16.4 Å². The average Bonchev–Trinajstić information content (AvgIpc) is 2.85. The van der Waals surface area contributed by atoms with Crippen molar-refractivity contribution < 1.29 is 4.79 Å². The van der Waals surface area contributed by atoms with Gasteiger partial charge in [-0.2, -0.15) is 4.68 Å². The molecule has 0 amide bonds. The van der Waals surface area contributed by atoms with Gasteiger partial charge in [-0.25, -0.2) is 0 Å². The third-order valence-corrected chi connectivity index (χ3v) is 6.70. The van der Waals surface area contributed by atoms with Gasteiger partial charge in [0.05, 0.1) is 6.04 Å². The van der Waals surface area contributed by atoms with Crippen LogP contribution < -0.4 is 11.0 Å². The number of nitrogens with zero attached hydrogens (tertiary/aromatic N) is 3. The van der Waals surface area contributed by atoms with Crippen molar-refractivity contribution in [3.05, 3.63) is 111 Å². The number of aromatic nitrogens is 3. The van der Waals surface area contributed by atoms with Crippen LogP contribution in [0.2, 0.25) is 5.02 Å². The number of benzene rings is 3. The number of nitrogens with one attached hydrogen (secondary N) is 1. The van der Waals surface area contributed by atoms with Crippen LogP contribution >= 0.6 is 23.4 Å². The van der Waals surface area contributed by atoms with E-state index >= 15 is 0 Å². The number of fused-ring (bicyclic) bond motifs is 1. The zero-order valence-electron chi connectivity index (χ0n) is 16.7. The molecule has 2 heterocycles. The lowest BCUT2D eigenvalue weighted by Gasteiger charge is -2.33. The van der Waals surface area contributed by atoms with E-state index in [4.69, 9.17) is 11.6 Å². The van der Waals surface area contributed by atoms with Crippen LogP contribution in [0.4, 0.5) is 0 Å². The fourth-order valence-electron chi connectivity index (χ4n) is 3.62. The lowest BCUT2D eigenvalue weighted by molar-refractivity contribution is 0.0980. The second kappa shape index (κ2) is 8.61. The molecule has 0 fully saturated rings. The zero-order valence-corrected chi connectivity index (χ0v) is 18.3. The second-order valence-electron chi connectivity index (χ2n) is 7.26. The van der Waals surface area contributed by atoms with Crippen molar-refractivity contribution in [1.29, 1.82) is 0 Å². The lowest BCUT2D eigenvalue weighted by Crippen LogP contribution is -2.44. The van der Waals surface area contributed by atoms with Crippen molar-refractivity contribution in [2.75, 3.05) is 5.43 Å². The summed E-state index contributed by atoms with van der Waals surface area (Å²) in [5.74, 6) is -0.0596. The summed E-state index contributed by atoms with van der Waals surface area (Å²) in [6, 6.07) is 25.1. The van der Waals surface area contributed by atoms with Gasteiger partial charge in [-0.1, -0.05) is 96.2 Å². The quantitative estimate of drug-likeness (QED) is 0.448. The summed E-state index contributed by atoms with van der Waals surface area (Å²) in [7, 11) is 0. The van der Waals surface area contributed by atoms with E-state index in [2.05, 4.69) is 15.6 Å². The minimum Gasteiger partial charge on any atom is -0.312 e. The van der Waals surface area contributed by atoms with E-state index < -0.39 is 11.3 Å². The Morgan fingerprint density at radius 1 is 0.906 bits per heavy atom. The van der Waals surface area contributed by atoms with Crippen molar-refractivity contribution in [1.82, 2.24) is 14.9 Å². The Hall–Kier alpha value is -3.42. The molecule has 32 heavy (non-hydrogen) atoms. The summed E-state index contributed by atoms with van der Waals surface area (Å²) >= 11 is 7.30.